The number of ketones is 1. The fourth-order valence-corrected chi connectivity index (χ4v) is 1.39. The predicted octanol–water partition coefficient (Wildman–Crippen LogP) is 1.06. The zero-order chi connectivity index (χ0) is 10.6. The summed E-state index contributed by atoms with van der Waals surface area (Å²) in [6.45, 7) is 1.86. The molecule has 1 fully saturated rings. The van der Waals surface area contributed by atoms with E-state index in [9.17, 15) is 9.59 Å². The van der Waals surface area contributed by atoms with E-state index in [1.54, 1.807) is 13.0 Å². The molecule has 0 saturated heterocycles. The molecule has 0 spiro atoms. The highest BCUT2D eigenvalue weighted by atomic mass is 16.5. The topological polar surface area (TPSA) is 67.2 Å². The Bertz CT molecular complexity index is 276. The number of rotatable bonds is 4. The maximum atomic E-state index is 11.5. The molecule has 4 heteroatoms. The molecule has 1 rings (SSSR count). The van der Waals surface area contributed by atoms with E-state index in [0.717, 1.165) is 19.3 Å². The van der Waals surface area contributed by atoms with Crippen LogP contribution in [0.2, 0.25) is 0 Å². The van der Waals surface area contributed by atoms with Crippen LogP contribution in [0.3, 0.4) is 0 Å². The molecule has 0 bridgehead atoms. The third-order valence-electron chi connectivity index (χ3n) is 2.44. The lowest BCUT2D eigenvalue weighted by molar-refractivity contribution is -0.150. The van der Waals surface area contributed by atoms with Crippen LogP contribution in [0.4, 0.5) is 0 Å². The number of hydrogen-bond acceptors (Lipinski definition) is 4. The van der Waals surface area contributed by atoms with Crippen molar-refractivity contribution in [3.05, 3.63) is 0 Å². The van der Waals surface area contributed by atoms with E-state index < -0.39 is 11.9 Å². The molecule has 0 aromatic heterocycles. The smallest absolute Gasteiger partial charge is 0.331 e. The van der Waals surface area contributed by atoms with Gasteiger partial charge in [0.25, 0.3) is 0 Å². The van der Waals surface area contributed by atoms with Crippen molar-refractivity contribution >= 4 is 11.8 Å². The lowest BCUT2D eigenvalue weighted by Gasteiger charge is -2.24. The number of nitriles is 1. The molecule has 0 amide bonds. The van der Waals surface area contributed by atoms with Crippen LogP contribution in [0.1, 0.15) is 26.2 Å². The quantitative estimate of drug-likeness (QED) is 0.497. The molecule has 0 aromatic rings. The number of ether oxygens (including phenoxy) is 1. The summed E-state index contributed by atoms with van der Waals surface area (Å²) >= 11 is 0. The van der Waals surface area contributed by atoms with Gasteiger partial charge >= 0.3 is 5.97 Å². The molecular weight excluding hydrogens is 182 g/mol. The van der Waals surface area contributed by atoms with Gasteiger partial charge in [-0.15, -0.1) is 0 Å². The van der Waals surface area contributed by atoms with Crippen molar-refractivity contribution < 1.29 is 14.3 Å². The summed E-state index contributed by atoms with van der Waals surface area (Å²) < 4.78 is 4.65. The minimum absolute atomic E-state index is 0.0935. The zero-order valence-corrected chi connectivity index (χ0v) is 8.16. The number of hydrogen-bond donors (Lipinski definition) is 0. The SMILES string of the molecule is CCOC(=O)C(C#N)C(=O)C1CCC1. The van der Waals surface area contributed by atoms with E-state index in [1.807, 2.05) is 0 Å². The fraction of sp³-hybridized carbons (Fsp3) is 0.700. The average molecular weight is 195 g/mol. The Kier molecular flexibility index (Phi) is 3.63. The van der Waals surface area contributed by atoms with E-state index >= 15 is 0 Å². The van der Waals surface area contributed by atoms with Crippen LogP contribution in [0.5, 0.6) is 0 Å². The van der Waals surface area contributed by atoms with Crippen molar-refractivity contribution in [2.45, 2.75) is 26.2 Å². The van der Waals surface area contributed by atoms with Gasteiger partial charge in [-0.1, -0.05) is 6.42 Å². The van der Waals surface area contributed by atoms with Crippen LogP contribution in [0.25, 0.3) is 0 Å². The lowest BCUT2D eigenvalue weighted by atomic mass is 9.78. The Morgan fingerprint density at radius 1 is 1.57 bits per heavy atom. The minimum atomic E-state index is -1.21. The Hall–Kier alpha value is -1.37. The monoisotopic (exact) mass is 195 g/mol. The van der Waals surface area contributed by atoms with E-state index in [-0.39, 0.29) is 18.3 Å². The molecule has 0 heterocycles. The van der Waals surface area contributed by atoms with Crippen molar-refractivity contribution in [3.8, 4) is 6.07 Å². The highest BCUT2D eigenvalue weighted by molar-refractivity contribution is 6.03. The Morgan fingerprint density at radius 3 is 2.57 bits per heavy atom. The van der Waals surface area contributed by atoms with Crippen LogP contribution in [0, 0.1) is 23.2 Å². The summed E-state index contributed by atoms with van der Waals surface area (Å²) in [5, 5.41) is 8.69. The highest BCUT2D eigenvalue weighted by Gasteiger charge is 2.36. The van der Waals surface area contributed by atoms with Crippen LogP contribution in [-0.4, -0.2) is 18.4 Å². The number of carbonyl (C=O) groups is 2. The molecule has 1 aliphatic carbocycles. The summed E-state index contributed by atoms with van der Waals surface area (Å²) in [5.74, 6) is -2.27. The van der Waals surface area contributed by atoms with Crippen molar-refractivity contribution in [3.63, 3.8) is 0 Å². The second-order valence-corrected chi connectivity index (χ2v) is 3.34. The third kappa shape index (κ3) is 2.11. The Balaban J connectivity index is 2.57. The van der Waals surface area contributed by atoms with Gasteiger partial charge in [0.2, 0.25) is 5.92 Å². The number of Topliss-reactive ketones (excluding diaryl/α,β-unsaturated/α-hetero) is 1. The number of nitrogens with zero attached hydrogens (tertiary/aromatic N) is 1. The summed E-state index contributed by atoms with van der Waals surface area (Å²) in [6.07, 6.45) is 2.62. The van der Waals surface area contributed by atoms with Crippen LogP contribution in [-0.2, 0) is 14.3 Å². The first-order valence-electron chi connectivity index (χ1n) is 4.80. The lowest BCUT2D eigenvalue weighted by Crippen LogP contribution is -2.33. The summed E-state index contributed by atoms with van der Waals surface area (Å²) in [7, 11) is 0. The third-order valence-corrected chi connectivity index (χ3v) is 2.44. The maximum Gasteiger partial charge on any atom is 0.331 e. The summed E-state index contributed by atoms with van der Waals surface area (Å²) in [6, 6.07) is 1.71. The van der Waals surface area contributed by atoms with Gasteiger partial charge in [0, 0.05) is 5.92 Å². The van der Waals surface area contributed by atoms with Gasteiger partial charge in [-0.25, -0.2) is 0 Å². The largest absolute Gasteiger partial charge is 0.465 e. The van der Waals surface area contributed by atoms with Crippen LogP contribution in [0.15, 0.2) is 0 Å². The van der Waals surface area contributed by atoms with Crippen LogP contribution >= 0.6 is 0 Å². The van der Waals surface area contributed by atoms with Gasteiger partial charge in [-0.3, -0.25) is 9.59 Å². The molecule has 0 aromatic carbocycles. The normalized spacial score (nSPS) is 17.7. The van der Waals surface area contributed by atoms with E-state index in [1.165, 1.54) is 0 Å². The molecular formula is C10H13NO3. The fourth-order valence-electron chi connectivity index (χ4n) is 1.39. The van der Waals surface area contributed by atoms with Gasteiger partial charge in [0.1, 0.15) is 0 Å². The Labute approximate surface area is 82.8 Å². The zero-order valence-electron chi connectivity index (χ0n) is 8.16. The van der Waals surface area contributed by atoms with Crippen molar-refractivity contribution in [2.24, 2.45) is 11.8 Å². The minimum Gasteiger partial charge on any atom is -0.465 e. The Morgan fingerprint density at radius 2 is 2.21 bits per heavy atom. The van der Waals surface area contributed by atoms with Gasteiger partial charge in [-0.2, -0.15) is 5.26 Å². The van der Waals surface area contributed by atoms with Gasteiger partial charge in [0.05, 0.1) is 12.7 Å². The molecule has 14 heavy (non-hydrogen) atoms. The molecule has 0 radical (unpaired) electrons. The molecule has 0 N–H and O–H groups in total. The first-order chi connectivity index (χ1) is 6.70. The molecule has 4 nitrogen and oxygen atoms in total. The maximum absolute atomic E-state index is 11.5. The molecule has 1 aliphatic rings. The number of esters is 1. The molecule has 1 unspecified atom stereocenters. The van der Waals surface area contributed by atoms with Crippen molar-refractivity contribution in [2.75, 3.05) is 6.61 Å². The number of carbonyl (C=O) groups excluding carboxylic acids is 2. The molecule has 1 atom stereocenters. The van der Waals surface area contributed by atoms with Gasteiger partial charge in [-0.05, 0) is 19.8 Å². The first kappa shape index (κ1) is 10.7. The first-order valence-corrected chi connectivity index (χ1v) is 4.80. The van der Waals surface area contributed by atoms with E-state index in [4.69, 9.17) is 5.26 Å². The molecule has 0 aliphatic heterocycles. The average Bonchev–Trinajstić information content (AvgIpc) is 2.02. The molecule has 76 valence electrons. The van der Waals surface area contributed by atoms with Crippen molar-refractivity contribution in [1.82, 2.24) is 0 Å². The molecule has 1 saturated carbocycles. The van der Waals surface area contributed by atoms with Gasteiger partial charge < -0.3 is 4.74 Å². The van der Waals surface area contributed by atoms with Gasteiger partial charge in [0.15, 0.2) is 5.78 Å². The second-order valence-electron chi connectivity index (χ2n) is 3.34. The summed E-state index contributed by atoms with van der Waals surface area (Å²) in [4.78, 5) is 22.7. The highest BCUT2D eigenvalue weighted by Crippen LogP contribution is 2.29. The standard InChI is InChI=1S/C10H13NO3/c1-2-14-10(13)8(6-11)9(12)7-4-3-5-7/h7-8H,2-5H2,1H3. The second kappa shape index (κ2) is 4.75. The van der Waals surface area contributed by atoms with Crippen LogP contribution < -0.4 is 0 Å². The van der Waals surface area contributed by atoms with E-state index in [2.05, 4.69) is 4.74 Å². The van der Waals surface area contributed by atoms with Crippen molar-refractivity contribution in [1.29, 1.82) is 5.26 Å². The summed E-state index contributed by atoms with van der Waals surface area (Å²) in [5.41, 5.74) is 0. The predicted molar refractivity (Wildman–Crippen MR) is 48.1 cm³/mol. The van der Waals surface area contributed by atoms with E-state index in [0.29, 0.717) is 0 Å².